The lowest BCUT2D eigenvalue weighted by atomic mass is 9.86. The molecule has 0 fully saturated rings. The van der Waals surface area contributed by atoms with Crippen LogP contribution in [-0.4, -0.2) is 23.4 Å². The zero-order valence-corrected chi connectivity index (χ0v) is 18.5. The number of pyridine rings is 1. The average molecular weight is 463 g/mol. The fourth-order valence-corrected chi connectivity index (χ4v) is 3.91. The van der Waals surface area contributed by atoms with Gasteiger partial charge in [-0.25, -0.2) is 14.4 Å². The van der Waals surface area contributed by atoms with Gasteiger partial charge in [0.05, 0.1) is 23.2 Å². The number of carbonyl (C=O) groups is 2. The average Bonchev–Trinajstić information content (AvgIpc) is 2.81. The van der Waals surface area contributed by atoms with Gasteiger partial charge in [-0.3, -0.25) is 9.59 Å². The number of hydrogen-bond acceptors (Lipinski definition) is 5. The number of hydrogen-bond donors (Lipinski definition) is 1. The summed E-state index contributed by atoms with van der Waals surface area (Å²) in [5.74, 6) is -0.507. The molecule has 3 aromatic rings. The third-order valence-corrected chi connectivity index (χ3v) is 5.63. The van der Waals surface area contributed by atoms with Crippen LogP contribution in [0.5, 0.6) is 0 Å². The lowest BCUT2D eigenvalue weighted by molar-refractivity contribution is -0.102. The quantitative estimate of drug-likeness (QED) is 0.222. The Morgan fingerprint density at radius 1 is 1.24 bits per heavy atom. The number of amides is 1. The van der Waals surface area contributed by atoms with Crippen molar-refractivity contribution < 1.29 is 14.0 Å². The molecule has 0 aliphatic heterocycles. The van der Waals surface area contributed by atoms with E-state index in [2.05, 4.69) is 22.3 Å². The summed E-state index contributed by atoms with van der Waals surface area (Å²) in [7, 11) is 0. The standard InChI is InChI=1S/C25H20ClFN4O2/c1-16-4-11-23(31(29-13-14-32)19-8-5-17(27)6-9-19)22-15-18(7-10-20(16)22)30-25(33)21-3-2-12-28-24(21)26/h2-3,5-16H,4H2,1H3,(H,30,33)/b29-13+. The molecule has 1 aromatic heterocycles. The van der Waals surface area contributed by atoms with Crippen molar-refractivity contribution >= 4 is 47.1 Å². The maximum absolute atomic E-state index is 13.5. The summed E-state index contributed by atoms with van der Waals surface area (Å²) in [6.45, 7) is 2.11. The summed E-state index contributed by atoms with van der Waals surface area (Å²) in [6.07, 6.45) is 6.01. The molecule has 1 amide bonds. The minimum Gasteiger partial charge on any atom is -0.322 e. The van der Waals surface area contributed by atoms with Crippen LogP contribution in [-0.2, 0) is 4.79 Å². The number of aromatic nitrogens is 1. The topological polar surface area (TPSA) is 74.7 Å². The Bertz CT molecular complexity index is 1260. The van der Waals surface area contributed by atoms with Gasteiger partial charge in [0.15, 0.2) is 6.29 Å². The first-order chi connectivity index (χ1) is 16.0. The summed E-state index contributed by atoms with van der Waals surface area (Å²) in [4.78, 5) is 27.7. The van der Waals surface area contributed by atoms with Crippen molar-refractivity contribution in [2.75, 3.05) is 10.3 Å². The van der Waals surface area contributed by atoms with Crippen LogP contribution in [0, 0.1) is 5.82 Å². The molecule has 0 saturated carbocycles. The van der Waals surface area contributed by atoms with Gasteiger partial charge >= 0.3 is 0 Å². The molecule has 1 atom stereocenters. The summed E-state index contributed by atoms with van der Waals surface area (Å²) in [5.41, 5.74) is 4.07. The van der Waals surface area contributed by atoms with Crippen LogP contribution in [0.2, 0.25) is 5.15 Å². The number of anilines is 2. The lowest BCUT2D eigenvalue weighted by Crippen LogP contribution is -2.20. The Hall–Kier alpha value is -3.84. The van der Waals surface area contributed by atoms with Crippen LogP contribution in [0.15, 0.2) is 72.0 Å². The van der Waals surface area contributed by atoms with Crippen molar-refractivity contribution in [3.8, 4) is 0 Å². The van der Waals surface area contributed by atoms with Crippen LogP contribution in [0.3, 0.4) is 0 Å². The molecule has 0 bridgehead atoms. The van der Waals surface area contributed by atoms with E-state index >= 15 is 0 Å². The first-order valence-electron chi connectivity index (χ1n) is 10.3. The number of carbonyl (C=O) groups excluding carboxylic acids is 2. The molecule has 1 unspecified atom stereocenters. The predicted molar refractivity (Wildman–Crippen MR) is 128 cm³/mol. The second-order valence-corrected chi connectivity index (χ2v) is 7.87. The maximum atomic E-state index is 13.5. The first-order valence-corrected chi connectivity index (χ1v) is 10.7. The Morgan fingerprint density at radius 3 is 2.76 bits per heavy atom. The molecular weight excluding hydrogens is 443 g/mol. The highest BCUT2D eigenvalue weighted by molar-refractivity contribution is 6.33. The fourth-order valence-electron chi connectivity index (χ4n) is 3.71. The van der Waals surface area contributed by atoms with E-state index in [0.29, 0.717) is 17.7 Å². The molecule has 6 nitrogen and oxygen atoms in total. The van der Waals surface area contributed by atoms with Crippen LogP contribution in [0.25, 0.3) is 5.70 Å². The van der Waals surface area contributed by atoms with E-state index in [-0.39, 0.29) is 28.4 Å². The van der Waals surface area contributed by atoms with Gasteiger partial charge in [-0.1, -0.05) is 30.7 Å². The molecule has 1 N–H and O–H groups in total. The number of benzene rings is 2. The number of nitrogens with zero attached hydrogens (tertiary/aromatic N) is 3. The monoisotopic (exact) mass is 462 g/mol. The van der Waals surface area contributed by atoms with Crippen LogP contribution in [0.1, 0.15) is 40.7 Å². The van der Waals surface area contributed by atoms with E-state index in [1.807, 2.05) is 24.3 Å². The SMILES string of the molecule is CC1CC=C(N(/N=C/C=O)c2ccc(F)cc2)c2cc(NC(=O)c3cccnc3Cl)ccc21. The van der Waals surface area contributed by atoms with Gasteiger partial charge in [0.1, 0.15) is 11.0 Å². The summed E-state index contributed by atoms with van der Waals surface area (Å²) in [5, 5.41) is 8.84. The second kappa shape index (κ2) is 9.75. The molecule has 0 saturated heterocycles. The number of hydrazone groups is 1. The fraction of sp³-hybridized carbons (Fsp3) is 0.120. The number of rotatable bonds is 6. The summed E-state index contributed by atoms with van der Waals surface area (Å²) in [6, 6.07) is 14.7. The van der Waals surface area contributed by atoms with Crippen molar-refractivity contribution in [3.05, 3.63) is 94.5 Å². The lowest BCUT2D eigenvalue weighted by Gasteiger charge is -2.29. The molecule has 4 rings (SSSR count). The van der Waals surface area contributed by atoms with Gasteiger partial charge in [0.2, 0.25) is 0 Å². The Balaban J connectivity index is 1.73. The molecule has 1 aliphatic carbocycles. The molecule has 8 heteroatoms. The Kier molecular flexibility index (Phi) is 6.60. The van der Waals surface area contributed by atoms with Crippen LogP contribution < -0.4 is 10.3 Å². The van der Waals surface area contributed by atoms with Crippen LogP contribution in [0.4, 0.5) is 15.8 Å². The van der Waals surface area contributed by atoms with Crippen LogP contribution >= 0.6 is 11.6 Å². The van der Waals surface area contributed by atoms with Crippen molar-refractivity contribution in [1.29, 1.82) is 0 Å². The molecule has 0 radical (unpaired) electrons. The van der Waals surface area contributed by atoms with E-state index in [1.165, 1.54) is 18.3 Å². The van der Waals surface area contributed by atoms with Crippen molar-refractivity contribution in [2.45, 2.75) is 19.3 Å². The molecule has 166 valence electrons. The molecule has 2 aromatic carbocycles. The third kappa shape index (κ3) is 4.83. The number of aldehydes is 1. The van der Waals surface area contributed by atoms with Gasteiger partial charge in [0.25, 0.3) is 5.91 Å². The molecular formula is C25H20ClFN4O2. The summed E-state index contributed by atoms with van der Waals surface area (Å²) >= 11 is 6.05. The highest BCUT2D eigenvalue weighted by Crippen LogP contribution is 2.39. The minimum atomic E-state index is -0.378. The molecule has 1 heterocycles. The highest BCUT2D eigenvalue weighted by Gasteiger charge is 2.24. The number of halogens is 2. The van der Waals surface area contributed by atoms with Crippen molar-refractivity contribution in [3.63, 3.8) is 0 Å². The Labute approximate surface area is 195 Å². The van der Waals surface area contributed by atoms with Gasteiger partial charge in [-0.05, 0) is 66.4 Å². The van der Waals surface area contributed by atoms with E-state index < -0.39 is 0 Å². The molecule has 0 spiro atoms. The first kappa shape index (κ1) is 22.4. The number of nitrogens with one attached hydrogen (secondary N) is 1. The number of allylic oxidation sites excluding steroid dienone is 1. The largest absolute Gasteiger partial charge is 0.322 e. The zero-order valence-electron chi connectivity index (χ0n) is 17.7. The minimum absolute atomic E-state index is 0.118. The number of fused-ring (bicyclic) bond motifs is 1. The smallest absolute Gasteiger partial charge is 0.258 e. The van der Waals surface area contributed by atoms with Gasteiger partial charge < -0.3 is 5.32 Å². The second-order valence-electron chi connectivity index (χ2n) is 7.51. The predicted octanol–water partition coefficient (Wildman–Crippen LogP) is 5.67. The zero-order chi connectivity index (χ0) is 23.4. The normalized spacial score (nSPS) is 15.0. The highest BCUT2D eigenvalue weighted by atomic mass is 35.5. The third-order valence-electron chi connectivity index (χ3n) is 5.33. The maximum Gasteiger partial charge on any atom is 0.258 e. The van der Waals surface area contributed by atoms with Gasteiger partial charge in [-0.15, -0.1) is 0 Å². The van der Waals surface area contributed by atoms with E-state index in [1.54, 1.807) is 29.3 Å². The van der Waals surface area contributed by atoms with Crippen molar-refractivity contribution in [2.24, 2.45) is 5.10 Å². The van der Waals surface area contributed by atoms with E-state index in [4.69, 9.17) is 11.6 Å². The Morgan fingerprint density at radius 2 is 2.03 bits per heavy atom. The van der Waals surface area contributed by atoms with E-state index in [0.717, 1.165) is 29.5 Å². The summed E-state index contributed by atoms with van der Waals surface area (Å²) < 4.78 is 13.5. The molecule has 33 heavy (non-hydrogen) atoms. The molecule has 1 aliphatic rings. The van der Waals surface area contributed by atoms with Crippen molar-refractivity contribution in [1.82, 2.24) is 4.98 Å². The van der Waals surface area contributed by atoms with Gasteiger partial charge in [0, 0.05) is 17.4 Å². The van der Waals surface area contributed by atoms with E-state index in [9.17, 15) is 14.0 Å². The van der Waals surface area contributed by atoms with Gasteiger partial charge in [-0.2, -0.15) is 5.10 Å².